The number of nitrogens with zero attached hydrogens (tertiary/aromatic N) is 2. The summed E-state index contributed by atoms with van der Waals surface area (Å²) >= 11 is 0. The third-order valence-electron chi connectivity index (χ3n) is 4.57. The molecule has 0 spiro atoms. The van der Waals surface area contributed by atoms with Gasteiger partial charge in [0.05, 0.1) is 6.54 Å². The zero-order chi connectivity index (χ0) is 16.6. The topological polar surface area (TPSA) is 48.9 Å². The highest BCUT2D eigenvalue weighted by molar-refractivity contribution is 5.79. The zero-order valence-corrected chi connectivity index (χ0v) is 14.7. The Morgan fingerprint density at radius 3 is 2.54 bits per heavy atom. The van der Waals surface area contributed by atoms with Gasteiger partial charge in [-0.05, 0) is 43.7 Å². The lowest BCUT2D eigenvalue weighted by Crippen LogP contribution is -2.43. The molecule has 132 valence electrons. The Kier molecular flexibility index (Phi) is 6.35. The molecule has 0 amide bonds. The highest BCUT2D eigenvalue weighted by Crippen LogP contribution is 2.34. The summed E-state index contributed by atoms with van der Waals surface area (Å²) in [5.41, 5.74) is 0. The van der Waals surface area contributed by atoms with E-state index < -0.39 is 0 Å². The van der Waals surface area contributed by atoms with Gasteiger partial charge in [-0.1, -0.05) is 18.2 Å². The smallest absolute Gasteiger partial charge is 0.191 e. The van der Waals surface area contributed by atoms with E-state index in [2.05, 4.69) is 20.5 Å². The van der Waals surface area contributed by atoms with Crippen LogP contribution in [0.5, 0.6) is 5.75 Å². The first kappa shape index (κ1) is 17.1. The monoisotopic (exact) mass is 330 g/mol. The van der Waals surface area contributed by atoms with Crippen molar-refractivity contribution in [1.82, 2.24) is 15.5 Å². The molecule has 0 saturated heterocycles. The predicted molar refractivity (Wildman–Crippen MR) is 98.6 cm³/mol. The van der Waals surface area contributed by atoms with Gasteiger partial charge < -0.3 is 15.4 Å². The number of benzene rings is 1. The maximum absolute atomic E-state index is 5.68. The zero-order valence-electron chi connectivity index (χ0n) is 14.7. The van der Waals surface area contributed by atoms with Crippen LogP contribution in [0.25, 0.3) is 0 Å². The lowest BCUT2D eigenvalue weighted by Gasteiger charge is -2.22. The maximum atomic E-state index is 5.68. The number of rotatable bonds is 10. The van der Waals surface area contributed by atoms with Crippen molar-refractivity contribution in [2.24, 2.45) is 10.9 Å². The van der Waals surface area contributed by atoms with Crippen molar-refractivity contribution in [3.63, 3.8) is 0 Å². The third kappa shape index (κ3) is 6.04. The third-order valence-corrected chi connectivity index (χ3v) is 4.57. The van der Waals surface area contributed by atoms with Crippen LogP contribution in [0.3, 0.4) is 0 Å². The number of aliphatic imine (C=N–C) groups is 1. The van der Waals surface area contributed by atoms with Gasteiger partial charge in [0.25, 0.3) is 0 Å². The van der Waals surface area contributed by atoms with Gasteiger partial charge in [-0.3, -0.25) is 9.89 Å². The fraction of sp³-hybridized carbons (Fsp3) is 0.632. The normalized spacial score (nSPS) is 17.8. The number of hydrogen-bond acceptors (Lipinski definition) is 3. The molecule has 1 aromatic rings. The van der Waals surface area contributed by atoms with Crippen LogP contribution in [0.4, 0.5) is 0 Å². The summed E-state index contributed by atoms with van der Waals surface area (Å²) in [7, 11) is 1.82. The molecule has 0 radical (unpaired) electrons. The van der Waals surface area contributed by atoms with E-state index in [-0.39, 0.29) is 0 Å². The number of para-hydroxylation sites is 1. The molecule has 0 bridgehead atoms. The average Bonchev–Trinajstić information content (AvgIpc) is 3.50. The van der Waals surface area contributed by atoms with E-state index >= 15 is 0 Å². The van der Waals surface area contributed by atoms with E-state index in [9.17, 15) is 0 Å². The van der Waals surface area contributed by atoms with Crippen LogP contribution < -0.4 is 15.4 Å². The van der Waals surface area contributed by atoms with Crippen molar-refractivity contribution < 1.29 is 4.74 Å². The number of nitrogens with one attached hydrogen (secondary N) is 2. The van der Waals surface area contributed by atoms with Gasteiger partial charge in [0.1, 0.15) is 12.4 Å². The second kappa shape index (κ2) is 8.92. The summed E-state index contributed by atoms with van der Waals surface area (Å²) in [6.45, 7) is 4.72. The molecule has 2 aliphatic rings. The predicted octanol–water partition coefficient (Wildman–Crippen LogP) is 2.10. The molecule has 2 N–H and O–H groups in total. The van der Waals surface area contributed by atoms with E-state index in [0.717, 1.165) is 43.3 Å². The molecule has 5 nitrogen and oxygen atoms in total. The van der Waals surface area contributed by atoms with Crippen LogP contribution in [0.1, 0.15) is 25.7 Å². The summed E-state index contributed by atoms with van der Waals surface area (Å²) in [5, 5.41) is 6.72. The van der Waals surface area contributed by atoms with E-state index in [4.69, 9.17) is 4.74 Å². The maximum Gasteiger partial charge on any atom is 0.191 e. The second-order valence-corrected chi connectivity index (χ2v) is 6.76. The summed E-state index contributed by atoms with van der Waals surface area (Å²) in [6, 6.07) is 10.7. The molecular weight excluding hydrogens is 300 g/mol. The fourth-order valence-electron chi connectivity index (χ4n) is 2.89. The molecule has 3 rings (SSSR count). The Hall–Kier alpha value is -1.75. The van der Waals surface area contributed by atoms with Crippen LogP contribution in [0.2, 0.25) is 0 Å². The van der Waals surface area contributed by atoms with Crippen molar-refractivity contribution in [2.75, 3.05) is 39.8 Å². The van der Waals surface area contributed by atoms with Gasteiger partial charge in [-0.2, -0.15) is 0 Å². The van der Waals surface area contributed by atoms with E-state index in [1.807, 2.05) is 37.4 Å². The van der Waals surface area contributed by atoms with E-state index in [1.54, 1.807) is 0 Å². The molecule has 2 aliphatic carbocycles. The summed E-state index contributed by atoms with van der Waals surface area (Å²) in [6.07, 6.45) is 5.63. The minimum absolute atomic E-state index is 0.626. The van der Waals surface area contributed by atoms with Gasteiger partial charge in [0.2, 0.25) is 0 Å². The SMILES string of the molecule is CN=C(NCCOc1ccccc1)NCCN(CC1CC1)C1CC1. The highest BCUT2D eigenvalue weighted by Gasteiger charge is 2.33. The number of ether oxygens (including phenoxy) is 1. The minimum Gasteiger partial charge on any atom is -0.492 e. The van der Waals surface area contributed by atoms with Crippen molar-refractivity contribution in [3.05, 3.63) is 30.3 Å². The standard InChI is InChI=1S/C19H30N4O/c1-20-19(22-12-14-24-18-5-3-2-4-6-18)21-11-13-23(17-9-10-17)15-16-7-8-16/h2-6,16-17H,7-15H2,1H3,(H2,20,21,22). The Balaban J connectivity index is 1.28. The van der Waals surface area contributed by atoms with Crippen LogP contribution in [0, 0.1) is 5.92 Å². The van der Waals surface area contributed by atoms with E-state index in [1.165, 1.54) is 32.2 Å². The van der Waals surface area contributed by atoms with Crippen LogP contribution in [-0.4, -0.2) is 56.7 Å². The first-order chi connectivity index (χ1) is 11.8. The Labute approximate surface area is 145 Å². The number of hydrogen-bond donors (Lipinski definition) is 2. The fourth-order valence-corrected chi connectivity index (χ4v) is 2.89. The van der Waals surface area contributed by atoms with Gasteiger partial charge in [0, 0.05) is 32.7 Å². The minimum atomic E-state index is 0.626. The molecule has 2 fully saturated rings. The lowest BCUT2D eigenvalue weighted by atomic mass is 10.3. The van der Waals surface area contributed by atoms with Gasteiger partial charge in [-0.15, -0.1) is 0 Å². The number of guanidine groups is 1. The molecule has 2 saturated carbocycles. The second-order valence-electron chi connectivity index (χ2n) is 6.76. The summed E-state index contributed by atoms with van der Waals surface area (Å²) < 4.78 is 5.68. The molecule has 0 aliphatic heterocycles. The Morgan fingerprint density at radius 2 is 1.88 bits per heavy atom. The van der Waals surface area contributed by atoms with Crippen molar-refractivity contribution in [3.8, 4) is 5.75 Å². The Morgan fingerprint density at radius 1 is 1.12 bits per heavy atom. The summed E-state index contributed by atoms with van der Waals surface area (Å²) in [5.74, 6) is 2.73. The molecule has 5 heteroatoms. The van der Waals surface area contributed by atoms with Crippen LogP contribution >= 0.6 is 0 Å². The molecule has 1 aromatic carbocycles. The van der Waals surface area contributed by atoms with Gasteiger partial charge >= 0.3 is 0 Å². The van der Waals surface area contributed by atoms with Crippen LogP contribution in [0.15, 0.2) is 35.3 Å². The molecular formula is C19H30N4O. The average molecular weight is 330 g/mol. The lowest BCUT2D eigenvalue weighted by molar-refractivity contribution is 0.256. The largest absolute Gasteiger partial charge is 0.492 e. The molecule has 0 unspecified atom stereocenters. The van der Waals surface area contributed by atoms with Crippen molar-refractivity contribution in [2.45, 2.75) is 31.7 Å². The quantitative estimate of drug-likeness (QED) is 0.392. The van der Waals surface area contributed by atoms with Crippen molar-refractivity contribution in [1.29, 1.82) is 0 Å². The molecule has 0 heterocycles. The molecule has 0 aromatic heterocycles. The van der Waals surface area contributed by atoms with E-state index in [0.29, 0.717) is 6.61 Å². The first-order valence-electron chi connectivity index (χ1n) is 9.21. The summed E-state index contributed by atoms with van der Waals surface area (Å²) in [4.78, 5) is 6.95. The van der Waals surface area contributed by atoms with Gasteiger partial charge in [-0.25, -0.2) is 0 Å². The Bertz CT molecular complexity index is 511. The molecule has 0 atom stereocenters. The molecule has 24 heavy (non-hydrogen) atoms. The first-order valence-corrected chi connectivity index (χ1v) is 9.21. The van der Waals surface area contributed by atoms with Crippen LogP contribution in [-0.2, 0) is 0 Å². The highest BCUT2D eigenvalue weighted by atomic mass is 16.5. The van der Waals surface area contributed by atoms with Crippen molar-refractivity contribution >= 4 is 5.96 Å². The van der Waals surface area contributed by atoms with Gasteiger partial charge in [0.15, 0.2) is 5.96 Å².